The number of pyridine rings is 2. The second-order valence-electron chi connectivity index (χ2n) is 7.20. The van der Waals surface area contributed by atoms with Crippen LogP contribution >= 0.6 is 12.2 Å². The zero-order chi connectivity index (χ0) is 21.2. The number of hydrogen-bond acceptors (Lipinski definition) is 4. The monoisotopic (exact) mass is 427 g/mol. The Kier molecular flexibility index (Phi) is 5.09. The molecule has 0 aliphatic carbocycles. The fraction of sp³-hybridized carbons (Fsp3) is 0.125. The van der Waals surface area contributed by atoms with Gasteiger partial charge in [0.05, 0.1) is 18.8 Å². The van der Waals surface area contributed by atoms with E-state index in [9.17, 15) is 0 Å². The number of anilines is 1. The van der Waals surface area contributed by atoms with Crippen molar-refractivity contribution in [2.45, 2.75) is 12.1 Å². The van der Waals surface area contributed by atoms with Crippen molar-refractivity contribution in [1.82, 2.24) is 19.9 Å². The molecule has 0 saturated carbocycles. The maximum absolute atomic E-state index is 5.81. The molecule has 1 aliphatic heterocycles. The van der Waals surface area contributed by atoms with Crippen molar-refractivity contribution >= 4 is 23.0 Å². The highest BCUT2D eigenvalue weighted by Crippen LogP contribution is 2.42. The number of ether oxygens (including phenoxy) is 1. The summed E-state index contributed by atoms with van der Waals surface area (Å²) in [6.45, 7) is 0. The van der Waals surface area contributed by atoms with Crippen molar-refractivity contribution in [2.75, 3.05) is 12.0 Å². The van der Waals surface area contributed by atoms with Gasteiger partial charge in [-0.2, -0.15) is 0 Å². The fourth-order valence-electron chi connectivity index (χ4n) is 4.05. The van der Waals surface area contributed by atoms with Crippen molar-refractivity contribution in [3.8, 4) is 11.4 Å². The minimum absolute atomic E-state index is 0.0982. The van der Waals surface area contributed by atoms with Gasteiger partial charge in [-0.25, -0.2) is 0 Å². The molecule has 3 aromatic heterocycles. The lowest BCUT2D eigenvalue weighted by Crippen LogP contribution is -2.30. The zero-order valence-corrected chi connectivity index (χ0v) is 17.7. The number of thiocarbonyl (C=S) groups is 1. The van der Waals surface area contributed by atoms with Crippen LogP contribution in [0.2, 0.25) is 0 Å². The predicted molar refractivity (Wildman–Crippen MR) is 124 cm³/mol. The number of benzene rings is 1. The highest BCUT2D eigenvalue weighted by Gasteiger charge is 2.42. The first-order chi connectivity index (χ1) is 15.3. The van der Waals surface area contributed by atoms with Gasteiger partial charge in [0.25, 0.3) is 0 Å². The molecule has 5 rings (SSSR count). The van der Waals surface area contributed by atoms with Crippen LogP contribution in [0.3, 0.4) is 0 Å². The molecule has 1 aliphatic rings. The van der Waals surface area contributed by atoms with E-state index in [-0.39, 0.29) is 12.1 Å². The Morgan fingerprint density at radius 2 is 1.71 bits per heavy atom. The Bertz CT molecular complexity index is 1180. The lowest BCUT2D eigenvalue weighted by Gasteiger charge is -2.29. The van der Waals surface area contributed by atoms with Crippen LogP contribution in [0.15, 0.2) is 91.5 Å². The second-order valence-corrected chi connectivity index (χ2v) is 7.59. The van der Waals surface area contributed by atoms with Gasteiger partial charge in [-0.3, -0.25) is 9.97 Å². The number of nitrogens with one attached hydrogen (secondary N) is 1. The first kappa shape index (κ1) is 19.3. The van der Waals surface area contributed by atoms with Crippen LogP contribution in [0.4, 0.5) is 5.69 Å². The summed E-state index contributed by atoms with van der Waals surface area (Å²) in [5, 5.41) is 4.16. The van der Waals surface area contributed by atoms with Gasteiger partial charge in [0, 0.05) is 41.9 Å². The first-order valence-corrected chi connectivity index (χ1v) is 10.4. The molecule has 0 amide bonds. The summed E-state index contributed by atoms with van der Waals surface area (Å²) in [4.78, 5) is 10.9. The molecular weight excluding hydrogens is 406 g/mol. The summed E-state index contributed by atoms with van der Waals surface area (Å²) < 4.78 is 7.51. The number of hydrogen-bond donors (Lipinski definition) is 1. The highest BCUT2D eigenvalue weighted by atomic mass is 32.1. The van der Waals surface area contributed by atoms with Crippen molar-refractivity contribution < 1.29 is 4.74 Å². The number of rotatable bonds is 5. The number of methoxy groups -OCH3 is 1. The Morgan fingerprint density at radius 1 is 0.903 bits per heavy atom. The highest BCUT2D eigenvalue weighted by molar-refractivity contribution is 7.80. The standard InChI is InChI=1S/C24H21N5OS/c1-30-19-9-7-18(8-10-19)29-23(22(27-24(29)31)20-5-2-3-13-26-20)21-6-4-16-28(21)17-11-14-25-15-12-17/h2-16,22-23H,1H3,(H,27,31)/t22-,23+/m1/s1. The second kappa shape index (κ2) is 8.20. The average Bonchev–Trinajstić information content (AvgIpc) is 3.44. The van der Waals surface area contributed by atoms with Crippen LogP contribution in [0.5, 0.6) is 5.75 Å². The van der Waals surface area contributed by atoms with E-state index >= 15 is 0 Å². The van der Waals surface area contributed by atoms with E-state index in [2.05, 4.69) is 43.1 Å². The molecule has 0 unspecified atom stereocenters. The van der Waals surface area contributed by atoms with Gasteiger partial charge >= 0.3 is 0 Å². The Hall–Kier alpha value is -3.71. The van der Waals surface area contributed by atoms with Gasteiger partial charge in [-0.05, 0) is 72.9 Å². The van der Waals surface area contributed by atoms with Crippen LogP contribution in [-0.2, 0) is 0 Å². The predicted octanol–water partition coefficient (Wildman–Crippen LogP) is 4.45. The molecule has 154 valence electrons. The molecule has 1 N–H and O–H groups in total. The molecule has 1 fully saturated rings. The first-order valence-electron chi connectivity index (χ1n) is 9.98. The lowest BCUT2D eigenvalue weighted by molar-refractivity contribution is 0.415. The quantitative estimate of drug-likeness (QED) is 0.475. The van der Waals surface area contributed by atoms with Gasteiger partial charge in [0.2, 0.25) is 0 Å². The molecular formula is C24H21N5OS. The van der Waals surface area contributed by atoms with E-state index in [1.165, 1.54) is 0 Å². The average molecular weight is 428 g/mol. The van der Waals surface area contributed by atoms with Gasteiger partial charge in [0.1, 0.15) is 11.8 Å². The van der Waals surface area contributed by atoms with E-state index in [4.69, 9.17) is 17.0 Å². The van der Waals surface area contributed by atoms with Crippen LogP contribution < -0.4 is 15.0 Å². The molecule has 0 radical (unpaired) electrons. The Labute approximate surface area is 186 Å². The summed E-state index contributed by atoms with van der Waals surface area (Å²) in [6, 6.07) is 21.9. The SMILES string of the molecule is COc1ccc(N2C(=S)N[C@H](c3ccccn3)[C@@H]2c2cccn2-c2ccncc2)cc1. The minimum atomic E-state index is -0.105. The third-order valence-corrected chi connectivity index (χ3v) is 5.79. The van der Waals surface area contributed by atoms with E-state index in [1.54, 1.807) is 19.5 Å². The van der Waals surface area contributed by atoms with Crippen molar-refractivity contribution in [1.29, 1.82) is 0 Å². The molecule has 6 nitrogen and oxygen atoms in total. The van der Waals surface area contributed by atoms with Crippen LogP contribution in [0.25, 0.3) is 5.69 Å². The largest absolute Gasteiger partial charge is 0.497 e. The van der Waals surface area contributed by atoms with Gasteiger partial charge < -0.3 is 19.5 Å². The normalized spacial score (nSPS) is 18.1. The molecule has 1 saturated heterocycles. The maximum atomic E-state index is 5.81. The van der Waals surface area contributed by atoms with E-state index in [1.807, 2.05) is 60.8 Å². The van der Waals surface area contributed by atoms with E-state index in [0.29, 0.717) is 5.11 Å². The molecule has 0 spiro atoms. The Balaban J connectivity index is 1.65. The van der Waals surface area contributed by atoms with Gasteiger partial charge in [-0.1, -0.05) is 6.07 Å². The van der Waals surface area contributed by atoms with Gasteiger partial charge in [0.15, 0.2) is 5.11 Å². The molecule has 4 aromatic rings. The summed E-state index contributed by atoms with van der Waals surface area (Å²) in [5.41, 5.74) is 4.07. The zero-order valence-electron chi connectivity index (χ0n) is 16.9. The van der Waals surface area contributed by atoms with E-state index < -0.39 is 0 Å². The minimum Gasteiger partial charge on any atom is -0.497 e. The summed E-state index contributed by atoms with van der Waals surface area (Å²) in [6.07, 6.45) is 7.48. The van der Waals surface area contributed by atoms with Gasteiger partial charge in [-0.15, -0.1) is 0 Å². The summed E-state index contributed by atoms with van der Waals surface area (Å²) in [5.74, 6) is 0.805. The third-order valence-electron chi connectivity index (χ3n) is 5.47. The fourth-order valence-corrected chi connectivity index (χ4v) is 4.40. The lowest BCUT2D eigenvalue weighted by atomic mass is 10.0. The smallest absolute Gasteiger partial charge is 0.174 e. The van der Waals surface area contributed by atoms with Crippen LogP contribution in [0, 0.1) is 0 Å². The summed E-state index contributed by atoms with van der Waals surface area (Å²) in [7, 11) is 1.67. The molecule has 31 heavy (non-hydrogen) atoms. The number of nitrogens with zero attached hydrogens (tertiary/aromatic N) is 4. The molecule has 7 heteroatoms. The van der Waals surface area contributed by atoms with Crippen molar-refractivity contribution in [2.24, 2.45) is 0 Å². The Morgan fingerprint density at radius 3 is 2.42 bits per heavy atom. The van der Waals surface area contributed by atoms with Crippen LogP contribution in [0.1, 0.15) is 23.5 Å². The maximum Gasteiger partial charge on any atom is 0.174 e. The topological polar surface area (TPSA) is 55.2 Å². The summed E-state index contributed by atoms with van der Waals surface area (Å²) >= 11 is 5.81. The van der Waals surface area contributed by atoms with Crippen molar-refractivity contribution in [3.05, 3.63) is 103 Å². The van der Waals surface area contributed by atoms with Crippen LogP contribution in [-0.4, -0.2) is 26.8 Å². The molecule has 2 atom stereocenters. The van der Waals surface area contributed by atoms with Crippen molar-refractivity contribution in [3.63, 3.8) is 0 Å². The molecule has 4 heterocycles. The number of aromatic nitrogens is 3. The molecule has 0 bridgehead atoms. The molecule has 1 aromatic carbocycles. The third kappa shape index (κ3) is 3.53. The van der Waals surface area contributed by atoms with E-state index in [0.717, 1.165) is 28.5 Å².